The number of thiophene rings is 1. The molecule has 3 aromatic rings. The fourth-order valence-corrected chi connectivity index (χ4v) is 4.24. The van der Waals surface area contributed by atoms with Crippen molar-refractivity contribution in [2.24, 2.45) is 0 Å². The number of sulfone groups is 1. The third-order valence-corrected chi connectivity index (χ3v) is 6.62. The summed E-state index contributed by atoms with van der Waals surface area (Å²) in [7, 11) is -1.62. The zero-order valence-corrected chi connectivity index (χ0v) is 19.4. The Morgan fingerprint density at radius 3 is 2.56 bits per heavy atom. The molecule has 7 nitrogen and oxygen atoms in total. The molecule has 0 aliphatic heterocycles. The Balaban J connectivity index is 1.56. The van der Waals surface area contributed by atoms with Crippen LogP contribution in [0.1, 0.15) is 26.5 Å². The minimum Gasteiger partial charge on any atom is -0.493 e. The topological polar surface area (TPSA) is 92.8 Å². The van der Waals surface area contributed by atoms with Crippen LogP contribution in [0.2, 0.25) is 0 Å². The van der Waals surface area contributed by atoms with Gasteiger partial charge in [0.15, 0.2) is 9.84 Å². The molecule has 0 atom stereocenters. The van der Waals surface area contributed by atoms with E-state index in [1.807, 2.05) is 5.38 Å². The molecule has 0 fully saturated rings. The summed E-state index contributed by atoms with van der Waals surface area (Å²) >= 11 is 1.33. The summed E-state index contributed by atoms with van der Waals surface area (Å²) in [5.41, 5.74) is 0.860. The predicted molar refractivity (Wildman–Crippen MR) is 125 cm³/mol. The maximum absolute atomic E-state index is 12.9. The van der Waals surface area contributed by atoms with E-state index in [0.717, 1.165) is 6.26 Å². The molecule has 0 aliphatic rings. The minimum atomic E-state index is -3.30. The Kier molecular flexibility index (Phi) is 7.66. The van der Waals surface area contributed by atoms with Gasteiger partial charge in [-0.05, 0) is 48.2 Å². The van der Waals surface area contributed by atoms with Gasteiger partial charge in [-0.2, -0.15) is 0 Å². The number of carbonyl (C=O) groups excluding carboxylic acids is 2. The highest BCUT2D eigenvalue weighted by atomic mass is 32.2. The maximum atomic E-state index is 12.9. The number of amides is 2. The van der Waals surface area contributed by atoms with Crippen molar-refractivity contribution >= 4 is 38.7 Å². The standard InChI is InChI=1S/C23H24N2O5S2/c1-25(13-7-14-30-17-8-5-9-18(16-17)32(2,28)29)23(27)19-10-3-4-11-20(19)24-22(26)21-12-6-15-31-21/h3-6,8-12,15-16H,7,13-14H2,1-2H3,(H,24,26). The van der Waals surface area contributed by atoms with Crippen molar-refractivity contribution < 1.29 is 22.7 Å². The summed E-state index contributed by atoms with van der Waals surface area (Å²) in [4.78, 5) is 27.6. The zero-order chi connectivity index (χ0) is 23.1. The number of para-hydroxylation sites is 1. The highest BCUT2D eigenvalue weighted by Gasteiger charge is 2.17. The van der Waals surface area contributed by atoms with Gasteiger partial charge in [0, 0.05) is 19.8 Å². The van der Waals surface area contributed by atoms with Gasteiger partial charge < -0.3 is 15.0 Å². The lowest BCUT2D eigenvalue weighted by molar-refractivity contribution is 0.0789. The van der Waals surface area contributed by atoms with Crippen LogP contribution >= 0.6 is 11.3 Å². The summed E-state index contributed by atoms with van der Waals surface area (Å²) in [6.07, 6.45) is 1.70. The molecule has 0 spiro atoms. The van der Waals surface area contributed by atoms with Gasteiger partial charge in [0.1, 0.15) is 5.75 Å². The van der Waals surface area contributed by atoms with Crippen LogP contribution in [0.4, 0.5) is 5.69 Å². The lowest BCUT2D eigenvalue weighted by Gasteiger charge is -2.19. The Hall–Kier alpha value is -3.17. The van der Waals surface area contributed by atoms with Crippen LogP contribution in [0.15, 0.2) is 70.9 Å². The van der Waals surface area contributed by atoms with Crippen molar-refractivity contribution in [3.05, 3.63) is 76.5 Å². The number of hydrogen-bond donors (Lipinski definition) is 1. The maximum Gasteiger partial charge on any atom is 0.265 e. The predicted octanol–water partition coefficient (Wildman–Crippen LogP) is 3.95. The number of rotatable bonds is 9. The normalized spacial score (nSPS) is 11.1. The molecule has 1 N–H and O–H groups in total. The van der Waals surface area contributed by atoms with Crippen molar-refractivity contribution in [3.63, 3.8) is 0 Å². The van der Waals surface area contributed by atoms with Crippen molar-refractivity contribution in [2.45, 2.75) is 11.3 Å². The van der Waals surface area contributed by atoms with Gasteiger partial charge in [0.05, 0.1) is 27.6 Å². The van der Waals surface area contributed by atoms with Gasteiger partial charge in [0.2, 0.25) is 0 Å². The lowest BCUT2D eigenvalue weighted by Crippen LogP contribution is -2.29. The highest BCUT2D eigenvalue weighted by molar-refractivity contribution is 7.90. The molecular formula is C23H24N2O5S2. The van der Waals surface area contributed by atoms with Crippen LogP contribution in [0.5, 0.6) is 5.75 Å². The van der Waals surface area contributed by atoms with Crippen molar-refractivity contribution in [3.8, 4) is 5.75 Å². The second-order valence-electron chi connectivity index (χ2n) is 7.15. The summed E-state index contributed by atoms with van der Waals surface area (Å²) < 4.78 is 28.9. The number of anilines is 1. The third-order valence-electron chi connectivity index (χ3n) is 4.64. The summed E-state index contributed by atoms with van der Waals surface area (Å²) in [5.74, 6) is -0.0117. The molecule has 32 heavy (non-hydrogen) atoms. The first-order valence-electron chi connectivity index (χ1n) is 9.88. The van der Waals surface area contributed by atoms with Crippen LogP contribution in [-0.4, -0.2) is 51.6 Å². The monoisotopic (exact) mass is 472 g/mol. The Bertz CT molecular complexity index is 1190. The first-order chi connectivity index (χ1) is 15.3. The van der Waals surface area contributed by atoms with E-state index in [2.05, 4.69) is 5.32 Å². The van der Waals surface area contributed by atoms with Crippen LogP contribution < -0.4 is 10.1 Å². The number of nitrogens with zero attached hydrogens (tertiary/aromatic N) is 1. The summed E-state index contributed by atoms with van der Waals surface area (Å²) in [6, 6.07) is 16.7. The van der Waals surface area contributed by atoms with Crippen LogP contribution in [0, 0.1) is 0 Å². The highest BCUT2D eigenvalue weighted by Crippen LogP contribution is 2.20. The van der Waals surface area contributed by atoms with Crippen LogP contribution in [0.25, 0.3) is 0 Å². The molecule has 0 saturated heterocycles. The lowest BCUT2D eigenvalue weighted by atomic mass is 10.1. The number of benzene rings is 2. The molecule has 9 heteroatoms. The van der Waals surface area contributed by atoms with Gasteiger partial charge in [0.25, 0.3) is 11.8 Å². The molecule has 168 valence electrons. The third kappa shape index (κ3) is 6.18. The zero-order valence-electron chi connectivity index (χ0n) is 17.8. The molecule has 2 aromatic carbocycles. The molecule has 0 saturated carbocycles. The second-order valence-corrected chi connectivity index (χ2v) is 10.1. The first kappa shape index (κ1) is 23.5. The summed E-state index contributed by atoms with van der Waals surface area (Å²) in [6.45, 7) is 0.749. The van der Waals surface area contributed by atoms with Gasteiger partial charge in [-0.15, -0.1) is 11.3 Å². The molecule has 0 bridgehead atoms. The van der Waals surface area contributed by atoms with E-state index < -0.39 is 9.84 Å². The molecule has 0 unspecified atom stereocenters. The van der Waals surface area contributed by atoms with Gasteiger partial charge in [-0.1, -0.05) is 24.3 Å². The number of carbonyl (C=O) groups is 2. The summed E-state index contributed by atoms with van der Waals surface area (Å²) in [5, 5.41) is 4.62. The fraction of sp³-hybridized carbons (Fsp3) is 0.217. The van der Waals surface area contributed by atoms with Crippen LogP contribution in [0.3, 0.4) is 0 Å². The van der Waals surface area contributed by atoms with E-state index in [4.69, 9.17) is 4.74 Å². The average Bonchev–Trinajstić information content (AvgIpc) is 3.31. The molecule has 2 amide bonds. The van der Waals surface area contributed by atoms with Gasteiger partial charge in [-0.25, -0.2) is 8.42 Å². The fourth-order valence-electron chi connectivity index (χ4n) is 2.96. The van der Waals surface area contributed by atoms with Crippen molar-refractivity contribution in [1.29, 1.82) is 0 Å². The number of nitrogens with one attached hydrogen (secondary N) is 1. The smallest absolute Gasteiger partial charge is 0.265 e. The largest absolute Gasteiger partial charge is 0.493 e. The van der Waals surface area contributed by atoms with E-state index in [1.165, 1.54) is 23.5 Å². The molecule has 0 aliphatic carbocycles. The molecule has 1 aromatic heterocycles. The van der Waals surface area contributed by atoms with Crippen molar-refractivity contribution in [2.75, 3.05) is 31.8 Å². The molecule has 3 rings (SSSR count). The Morgan fingerprint density at radius 2 is 1.84 bits per heavy atom. The number of hydrogen-bond acceptors (Lipinski definition) is 6. The number of ether oxygens (including phenoxy) is 1. The Labute approximate surface area is 191 Å². The van der Waals surface area contributed by atoms with E-state index >= 15 is 0 Å². The van der Waals surface area contributed by atoms with E-state index in [0.29, 0.717) is 41.4 Å². The van der Waals surface area contributed by atoms with Gasteiger partial charge in [-0.3, -0.25) is 9.59 Å². The van der Waals surface area contributed by atoms with Gasteiger partial charge >= 0.3 is 0 Å². The average molecular weight is 473 g/mol. The first-order valence-corrected chi connectivity index (χ1v) is 12.6. The quantitative estimate of drug-likeness (QED) is 0.476. The van der Waals surface area contributed by atoms with E-state index in [1.54, 1.807) is 60.5 Å². The van der Waals surface area contributed by atoms with E-state index in [-0.39, 0.29) is 16.7 Å². The molecule has 0 radical (unpaired) electrons. The molecule has 1 heterocycles. The Morgan fingerprint density at radius 1 is 1.06 bits per heavy atom. The van der Waals surface area contributed by atoms with Crippen molar-refractivity contribution in [1.82, 2.24) is 4.90 Å². The van der Waals surface area contributed by atoms with E-state index in [9.17, 15) is 18.0 Å². The second kappa shape index (κ2) is 10.4. The minimum absolute atomic E-state index is 0.198. The van der Waals surface area contributed by atoms with Crippen LogP contribution in [-0.2, 0) is 9.84 Å². The SMILES string of the molecule is CN(CCCOc1cccc(S(C)(=O)=O)c1)C(=O)c1ccccc1NC(=O)c1cccs1. The molecular weight excluding hydrogens is 448 g/mol.